The lowest BCUT2D eigenvalue weighted by Crippen LogP contribution is -2.33. The van der Waals surface area contributed by atoms with Crippen molar-refractivity contribution in [2.75, 3.05) is 0 Å². The maximum atomic E-state index is 12.1. The number of aromatic nitrogens is 1. The quantitative estimate of drug-likeness (QED) is 0.895. The van der Waals surface area contributed by atoms with Gasteiger partial charge in [-0.1, -0.05) is 32.0 Å². The third-order valence-corrected chi connectivity index (χ3v) is 3.24. The van der Waals surface area contributed by atoms with E-state index in [1.165, 1.54) is 0 Å². The Morgan fingerprint density at radius 2 is 2.00 bits per heavy atom. The summed E-state index contributed by atoms with van der Waals surface area (Å²) in [4.78, 5) is 16.4. The highest BCUT2D eigenvalue weighted by molar-refractivity contribution is 5.91. The van der Waals surface area contributed by atoms with E-state index in [4.69, 9.17) is 5.73 Å². The second kappa shape index (κ2) is 5.93. The van der Waals surface area contributed by atoms with Gasteiger partial charge in [0.15, 0.2) is 5.78 Å². The molecule has 0 spiro atoms. The molecular formula is C16H20N2O. The first-order chi connectivity index (χ1) is 9.08. The zero-order valence-electron chi connectivity index (χ0n) is 11.5. The Kier molecular flexibility index (Phi) is 4.27. The molecule has 2 aromatic rings. The molecule has 1 atom stereocenters. The molecule has 0 aliphatic rings. The van der Waals surface area contributed by atoms with Crippen LogP contribution in [0, 0.1) is 5.92 Å². The summed E-state index contributed by atoms with van der Waals surface area (Å²) in [5, 5.41) is 1.04. The molecule has 100 valence electrons. The first-order valence-electron chi connectivity index (χ1n) is 6.69. The second-order valence-electron chi connectivity index (χ2n) is 5.37. The van der Waals surface area contributed by atoms with Crippen molar-refractivity contribution < 1.29 is 4.79 Å². The van der Waals surface area contributed by atoms with Gasteiger partial charge in [-0.2, -0.15) is 0 Å². The third-order valence-electron chi connectivity index (χ3n) is 3.24. The van der Waals surface area contributed by atoms with Crippen molar-refractivity contribution in [2.24, 2.45) is 11.7 Å². The highest BCUT2D eigenvalue weighted by Crippen LogP contribution is 2.17. The highest BCUT2D eigenvalue weighted by atomic mass is 16.1. The summed E-state index contributed by atoms with van der Waals surface area (Å²) in [6.07, 6.45) is 2.87. The number of pyridine rings is 1. The van der Waals surface area contributed by atoms with Gasteiger partial charge in [-0.3, -0.25) is 9.78 Å². The minimum atomic E-state index is -0.369. The number of rotatable bonds is 5. The highest BCUT2D eigenvalue weighted by Gasteiger charge is 2.16. The van der Waals surface area contributed by atoms with E-state index in [1.807, 2.05) is 30.3 Å². The van der Waals surface area contributed by atoms with Gasteiger partial charge in [0, 0.05) is 18.0 Å². The lowest BCUT2D eigenvalue weighted by Gasteiger charge is -2.13. The molecule has 2 N–H and O–H groups in total. The van der Waals surface area contributed by atoms with Crippen LogP contribution in [-0.2, 0) is 11.2 Å². The molecule has 0 amide bonds. The van der Waals surface area contributed by atoms with Gasteiger partial charge in [-0.25, -0.2) is 0 Å². The maximum absolute atomic E-state index is 12.1. The zero-order chi connectivity index (χ0) is 13.8. The van der Waals surface area contributed by atoms with Gasteiger partial charge in [0.05, 0.1) is 11.6 Å². The molecule has 0 aliphatic heterocycles. The molecule has 0 fully saturated rings. The molecule has 0 saturated heterocycles. The van der Waals surface area contributed by atoms with Crippen molar-refractivity contribution in [1.29, 1.82) is 0 Å². The average Bonchev–Trinajstić information content (AvgIpc) is 2.38. The van der Waals surface area contributed by atoms with Crippen LogP contribution in [0.3, 0.4) is 0 Å². The number of nitrogens with zero attached hydrogens (tertiary/aromatic N) is 1. The van der Waals surface area contributed by atoms with Crippen LogP contribution >= 0.6 is 0 Å². The first-order valence-corrected chi connectivity index (χ1v) is 6.69. The van der Waals surface area contributed by atoms with Crippen molar-refractivity contribution in [3.63, 3.8) is 0 Å². The lowest BCUT2D eigenvalue weighted by molar-refractivity contribution is -0.119. The van der Waals surface area contributed by atoms with Crippen LogP contribution in [0.5, 0.6) is 0 Å². The van der Waals surface area contributed by atoms with E-state index in [0.717, 1.165) is 22.9 Å². The van der Waals surface area contributed by atoms with E-state index in [9.17, 15) is 4.79 Å². The molecule has 3 heteroatoms. The number of ketones is 1. The summed E-state index contributed by atoms with van der Waals surface area (Å²) in [5.41, 5.74) is 7.88. The topological polar surface area (TPSA) is 56.0 Å². The number of para-hydroxylation sites is 1. The number of hydrogen-bond donors (Lipinski definition) is 1. The summed E-state index contributed by atoms with van der Waals surface area (Å²) >= 11 is 0. The van der Waals surface area contributed by atoms with Crippen LogP contribution in [0.2, 0.25) is 0 Å². The molecule has 1 aromatic heterocycles. The molecule has 0 radical (unpaired) electrons. The molecule has 2 rings (SSSR count). The second-order valence-corrected chi connectivity index (χ2v) is 5.37. The summed E-state index contributed by atoms with van der Waals surface area (Å²) < 4.78 is 0. The lowest BCUT2D eigenvalue weighted by atomic mass is 9.96. The van der Waals surface area contributed by atoms with E-state index in [1.54, 1.807) is 6.20 Å². The molecule has 0 saturated carbocycles. The van der Waals surface area contributed by atoms with E-state index < -0.39 is 0 Å². The number of benzene rings is 1. The SMILES string of the molecule is CC(C)CC(N)C(=O)Cc1ccnc2ccccc12. The number of Topliss-reactive ketones (excluding diaryl/α,β-unsaturated/α-hetero) is 1. The normalized spacial score (nSPS) is 12.8. The predicted molar refractivity (Wildman–Crippen MR) is 77.9 cm³/mol. The first kappa shape index (κ1) is 13.7. The molecule has 3 nitrogen and oxygen atoms in total. The predicted octanol–water partition coefficient (Wildman–Crippen LogP) is 2.72. The van der Waals surface area contributed by atoms with Crippen molar-refractivity contribution >= 4 is 16.7 Å². The molecule has 1 aromatic carbocycles. The standard InChI is InChI=1S/C16H20N2O/c1-11(2)9-14(17)16(19)10-12-7-8-18-15-6-4-3-5-13(12)15/h3-8,11,14H,9-10,17H2,1-2H3. The Labute approximate surface area is 113 Å². The smallest absolute Gasteiger partial charge is 0.153 e. The van der Waals surface area contributed by atoms with Gasteiger partial charge in [0.1, 0.15) is 0 Å². The third kappa shape index (κ3) is 3.38. The Hall–Kier alpha value is -1.74. The van der Waals surface area contributed by atoms with Gasteiger partial charge < -0.3 is 5.73 Å². The summed E-state index contributed by atoms with van der Waals surface area (Å²) in [6, 6.07) is 9.41. The number of hydrogen-bond acceptors (Lipinski definition) is 3. The van der Waals surface area contributed by atoms with Gasteiger partial charge >= 0.3 is 0 Å². The van der Waals surface area contributed by atoms with Crippen molar-refractivity contribution in [1.82, 2.24) is 4.98 Å². The molecule has 19 heavy (non-hydrogen) atoms. The van der Waals surface area contributed by atoms with Gasteiger partial charge in [-0.15, -0.1) is 0 Å². The molecule has 0 bridgehead atoms. The van der Waals surface area contributed by atoms with Crippen molar-refractivity contribution in [3.8, 4) is 0 Å². The van der Waals surface area contributed by atoms with Gasteiger partial charge in [0.25, 0.3) is 0 Å². The summed E-state index contributed by atoms with van der Waals surface area (Å²) in [5.74, 6) is 0.540. The number of carbonyl (C=O) groups is 1. The van der Waals surface area contributed by atoms with Crippen LogP contribution in [0.4, 0.5) is 0 Å². The van der Waals surface area contributed by atoms with Crippen molar-refractivity contribution in [2.45, 2.75) is 32.7 Å². The monoisotopic (exact) mass is 256 g/mol. The fourth-order valence-electron chi connectivity index (χ4n) is 2.27. The molecule has 0 aliphatic carbocycles. The van der Waals surface area contributed by atoms with E-state index in [0.29, 0.717) is 12.3 Å². The van der Waals surface area contributed by atoms with Crippen LogP contribution in [0.1, 0.15) is 25.8 Å². The zero-order valence-corrected chi connectivity index (χ0v) is 11.5. The Balaban J connectivity index is 2.19. The Morgan fingerprint density at radius 1 is 1.26 bits per heavy atom. The molecular weight excluding hydrogens is 236 g/mol. The fourth-order valence-corrected chi connectivity index (χ4v) is 2.27. The number of fused-ring (bicyclic) bond motifs is 1. The average molecular weight is 256 g/mol. The van der Waals surface area contributed by atoms with Crippen LogP contribution < -0.4 is 5.73 Å². The van der Waals surface area contributed by atoms with E-state index in [2.05, 4.69) is 18.8 Å². The Bertz CT molecular complexity index is 572. The Morgan fingerprint density at radius 3 is 2.74 bits per heavy atom. The summed E-state index contributed by atoms with van der Waals surface area (Å²) in [6.45, 7) is 4.16. The summed E-state index contributed by atoms with van der Waals surface area (Å²) in [7, 11) is 0. The van der Waals surface area contributed by atoms with Crippen LogP contribution in [0.25, 0.3) is 10.9 Å². The van der Waals surface area contributed by atoms with Gasteiger partial charge in [0.2, 0.25) is 0 Å². The largest absolute Gasteiger partial charge is 0.321 e. The fraction of sp³-hybridized carbons (Fsp3) is 0.375. The molecule has 1 heterocycles. The maximum Gasteiger partial charge on any atom is 0.153 e. The minimum Gasteiger partial charge on any atom is -0.321 e. The van der Waals surface area contributed by atoms with Gasteiger partial charge in [-0.05, 0) is 30.0 Å². The molecule has 1 unspecified atom stereocenters. The van der Waals surface area contributed by atoms with E-state index >= 15 is 0 Å². The van der Waals surface area contributed by atoms with Crippen LogP contribution in [-0.4, -0.2) is 16.8 Å². The minimum absolute atomic E-state index is 0.102. The van der Waals surface area contributed by atoms with Crippen molar-refractivity contribution in [3.05, 3.63) is 42.1 Å². The van der Waals surface area contributed by atoms with Crippen LogP contribution in [0.15, 0.2) is 36.5 Å². The number of carbonyl (C=O) groups excluding carboxylic acids is 1. The van der Waals surface area contributed by atoms with E-state index in [-0.39, 0.29) is 11.8 Å². The number of nitrogens with two attached hydrogens (primary N) is 1.